The molecule has 148 valence electrons. The molecule has 2 N–H and O–H groups in total. The van der Waals surface area contributed by atoms with Crippen molar-refractivity contribution in [1.29, 1.82) is 0 Å². The minimum Gasteiger partial charge on any atom is -0.325 e. The van der Waals surface area contributed by atoms with Crippen molar-refractivity contribution < 1.29 is 9.59 Å². The van der Waals surface area contributed by atoms with Gasteiger partial charge in [-0.25, -0.2) is 0 Å². The van der Waals surface area contributed by atoms with Gasteiger partial charge in [0, 0.05) is 29.2 Å². The molecule has 2 amide bonds. The summed E-state index contributed by atoms with van der Waals surface area (Å²) < 4.78 is 1.36. The number of aryl methyl sites for hydroxylation is 3. The maximum atomic E-state index is 12.5. The van der Waals surface area contributed by atoms with Gasteiger partial charge in [0.1, 0.15) is 6.54 Å². The summed E-state index contributed by atoms with van der Waals surface area (Å²) >= 11 is 0. The van der Waals surface area contributed by atoms with E-state index in [0.29, 0.717) is 11.3 Å². The van der Waals surface area contributed by atoms with E-state index in [9.17, 15) is 14.4 Å². The van der Waals surface area contributed by atoms with E-state index in [1.165, 1.54) is 10.6 Å². The minimum absolute atomic E-state index is 0.0741. The predicted molar refractivity (Wildman–Crippen MR) is 114 cm³/mol. The quantitative estimate of drug-likeness (QED) is 0.699. The molecule has 0 radical (unpaired) electrons. The highest BCUT2D eigenvalue weighted by molar-refractivity contribution is 6.05. The second kappa shape index (κ2) is 8.56. The molecule has 0 aliphatic rings. The first-order valence-electron chi connectivity index (χ1n) is 9.28. The fourth-order valence-corrected chi connectivity index (χ4v) is 3.03. The van der Waals surface area contributed by atoms with Gasteiger partial charge >= 0.3 is 0 Å². The highest BCUT2D eigenvalue weighted by atomic mass is 16.2. The van der Waals surface area contributed by atoms with Crippen molar-refractivity contribution >= 4 is 23.2 Å². The number of hydrogen-bond acceptors (Lipinski definition) is 3. The van der Waals surface area contributed by atoms with E-state index in [1.807, 2.05) is 39.0 Å². The van der Waals surface area contributed by atoms with E-state index >= 15 is 0 Å². The van der Waals surface area contributed by atoms with E-state index in [1.54, 1.807) is 36.5 Å². The second-order valence-electron chi connectivity index (χ2n) is 7.02. The van der Waals surface area contributed by atoms with Crippen LogP contribution in [0.3, 0.4) is 0 Å². The Labute approximate surface area is 169 Å². The molecule has 0 aliphatic heterocycles. The molecule has 0 saturated carbocycles. The maximum absolute atomic E-state index is 12.5. The summed E-state index contributed by atoms with van der Waals surface area (Å²) in [6.45, 7) is 5.67. The van der Waals surface area contributed by atoms with Crippen molar-refractivity contribution in [3.63, 3.8) is 0 Å². The first kappa shape index (κ1) is 20.1. The van der Waals surface area contributed by atoms with Crippen molar-refractivity contribution in [2.75, 3.05) is 10.6 Å². The third-order valence-electron chi connectivity index (χ3n) is 4.60. The summed E-state index contributed by atoms with van der Waals surface area (Å²) in [4.78, 5) is 36.6. The van der Waals surface area contributed by atoms with Gasteiger partial charge in [-0.2, -0.15) is 0 Å². The summed E-state index contributed by atoms with van der Waals surface area (Å²) in [5.74, 6) is -0.531. The van der Waals surface area contributed by atoms with Crippen LogP contribution in [0.1, 0.15) is 27.0 Å². The number of amides is 2. The van der Waals surface area contributed by atoms with Crippen LogP contribution < -0.4 is 16.2 Å². The van der Waals surface area contributed by atoms with Gasteiger partial charge in [0.15, 0.2) is 0 Å². The number of nitrogens with one attached hydrogen (secondary N) is 2. The topological polar surface area (TPSA) is 80.2 Å². The molecular formula is C23H23N3O3. The number of aromatic nitrogens is 1. The van der Waals surface area contributed by atoms with Crippen molar-refractivity contribution in [1.82, 2.24) is 4.57 Å². The summed E-state index contributed by atoms with van der Waals surface area (Å²) in [5.41, 5.74) is 4.50. The Morgan fingerprint density at radius 2 is 1.52 bits per heavy atom. The van der Waals surface area contributed by atoms with Gasteiger partial charge in [-0.1, -0.05) is 24.3 Å². The van der Waals surface area contributed by atoms with Crippen LogP contribution in [0.2, 0.25) is 0 Å². The van der Waals surface area contributed by atoms with E-state index in [-0.39, 0.29) is 23.9 Å². The number of benzene rings is 2. The van der Waals surface area contributed by atoms with Crippen molar-refractivity contribution in [3.05, 3.63) is 93.4 Å². The fourth-order valence-electron chi connectivity index (χ4n) is 3.03. The number of rotatable bonds is 5. The van der Waals surface area contributed by atoms with Crippen molar-refractivity contribution in [3.8, 4) is 0 Å². The number of anilines is 2. The van der Waals surface area contributed by atoms with Crippen LogP contribution in [0, 0.1) is 20.8 Å². The predicted octanol–water partition coefficient (Wildman–Crippen LogP) is 3.66. The number of carbonyl (C=O) groups excluding carboxylic acids is 2. The Balaban J connectivity index is 1.65. The van der Waals surface area contributed by atoms with Gasteiger partial charge in [0.25, 0.3) is 11.5 Å². The molecule has 0 aliphatic carbocycles. The Hall–Kier alpha value is -3.67. The van der Waals surface area contributed by atoms with Gasteiger partial charge < -0.3 is 15.2 Å². The molecule has 0 unspecified atom stereocenters. The molecule has 0 bridgehead atoms. The molecule has 0 spiro atoms. The molecule has 29 heavy (non-hydrogen) atoms. The lowest BCUT2D eigenvalue weighted by molar-refractivity contribution is -0.116. The summed E-state index contributed by atoms with van der Waals surface area (Å²) in [6.07, 6.45) is 1.64. The Morgan fingerprint density at radius 3 is 2.17 bits per heavy atom. The number of para-hydroxylation sites is 1. The monoisotopic (exact) mass is 389 g/mol. The lowest BCUT2D eigenvalue weighted by Gasteiger charge is -2.12. The normalized spacial score (nSPS) is 10.4. The van der Waals surface area contributed by atoms with Gasteiger partial charge in [-0.3, -0.25) is 14.4 Å². The molecule has 1 aromatic heterocycles. The summed E-state index contributed by atoms with van der Waals surface area (Å²) in [7, 11) is 0. The molecule has 1 heterocycles. The standard InChI is InChI=1S/C23H23N3O3/c1-15-7-12-21(28)26(13-15)14-20(27)24-19-10-8-18(9-11-19)23(29)25-22-16(2)5-4-6-17(22)3/h4-13H,14H2,1-3H3,(H,24,27)(H,25,29). The molecule has 6 nitrogen and oxygen atoms in total. The van der Waals surface area contributed by atoms with Gasteiger partial charge in [-0.05, 0) is 61.7 Å². The lowest BCUT2D eigenvalue weighted by Crippen LogP contribution is -2.26. The molecule has 6 heteroatoms. The highest BCUT2D eigenvalue weighted by Crippen LogP contribution is 2.20. The zero-order valence-electron chi connectivity index (χ0n) is 16.7. The zero-order chi connectivity index (χ0) is 21.0. The van der Waals surface area contributed by atoms with Crippen LogP contribution in [0.25, 0.3) is 0 Å². The van der Waals surface area contributed by atoms with E-state index in [2.05, 4.69) is 10.6 Å². The van der Waals surface area contributed by atoms with Crippen molar-refractivity contribution in [2.24, 2.45) is 0 Å². The maximum Gasteiger partial charge on any atom is 0.255 e. The molecule has 3 aromatic rings. The van der Waals surface area contributed by atoms with Crippen LogP contribution in [0.4, 0.5) is 11.4 Å². The third kappa shape index (κ3) is 4.99. The smallest absolute Gasteiger partial charge is 0.255 e. The first-order chi connectivity index (χ1) is 13.8. The summed E-state index contributed by atoms with van der Waals surface area (Å²) in [5, 5.41) is 5.68. The van der Waals surface area contributed by atoms with Crippen LogP contribution >= 0.6 is 0 Å². The minimum atomic E-state index is -0.314. The SMILES string of the molecule is Cc1ccc(=O)n(CC(=O)Nc2ccc(C(=O)Nc3c(C)cccc3C)cc2)c1. The van der Waals surface area contributed by atoms with E-state index in [4.69, 9.17) is 0 Å². The Kier molecular flexibility index (Phi) is 5.93. The van der Waals surface area contributed by atoms with Crippen LogP contribution in [-0.4, -0.2) is 16.4 Å². The number of carbonyl (C=O) groups is 2. The summed E-state index contributed by atoms with van der Waals surface area (Å²) in [6, 6.07) is 15.6. The molecule has 0 saturated heterocycles. The average molecular weight is 389 g/mol. The Bertz CT molecular complexity index is 1090. The first-order valence-corrected chi connectivity index (χ1v) is 9.28. The molecule has 2 aromatic carbocycles. The Morgan fingerprint density at radius 1 is 0.862 bits per heavy atom. The number of nitrogens with zero attached hydrogens (tertiary/aromatic N) is 1. The number of pyridine rings is 1. The third-order valence-corrected chi connectivity index (χ3v) is 4.60. The largest absolute Gasteiger partial charge is 0.325 e. The highest BCUT2D eigenvalue weighted by Gasteiger charge is 2.10. The van der Waals surface area contributed by atoms with Crippen LogP contribution in [0.5, 0.6) is 0 Å². The molecular weight excluding hydrogens is 366 g/mol. The lowest BCUT2D eigenvalue weighted by atomic mass is 10.1. The molecule has 0 atom stereocenters. The van der Waals surface area contributed by atoms with Gasteiger partial charge in [-0.15, -0.1) is 0 Å². The fraction of sp³-hybridized carbons (Fsp3) is 0.174. The average Bonchev–Trinajstić information content (AvgIpc) is 2.68. The molecule has 0 fully saturated rings. The van der Waals surface area contributed by atoms with Crippen LogP contribution in [0.15, 0.2) is 65.6 Å². The van der Waals surface area contributed by atoms with Crippen LogP contribution in [-0.2, 0) is 11.3 Å². The molecule has 3 rings (SSSR count). The van der Waals surface area contributed by atoms with Crippen molar-refractivity contribution in [2.45, 2.75) is 27.3 Å². The van der Waals surface area contributed by atoms with E-state index < -0.39 is 0 Å². The number of hydrogen-bond donors (Lipinski definition) is 2. The zero-order valence-corrected chi connectivity index (χ0v) is 16.7. The van der Waals surface area contributed by atoms with Gasteiger partial charge in [0.2, 0.25) is 5.91 Å². The van der Waals surface area contributed by atoms with E-state index in [0.717, 1.165) is 22.4 Å². The second-order valence-corrected chi connectivity index (χ2v) is 7.02. The van der Waals surface area contributed by atoms with Gasteiger partial charge in [0.05, 0.1) is 0 Å².